The van der Waals surface area contributed by atoms with Crippen LogP contribution < -0.4 is 10.6 Å². The molecule has 0 saturated carbocycles. The van der Waals surface area contributed by atoms with Crippen molar-refractivity contribution < 1.29 is 29.4 Å². The maximum absolute atomic E-state index is 12.7. The first-order valence-corrected chi connectivity index (χ1v) is 8.28. The Kier molecular flexibility index (Phi) is 7.30. The van der Waals surface area contributed by atoms with Crippen molar-refractivity contribution >= 4 is 29.4 Å². The molecule has 0 aliphatic carbocycles. The first-order chi connectivity index (χ1) is 12.1. The number of carbonyl (C=O) groups excluding carboxylic acids is 2. The SMILES string of the molecule is CCC(CC)(Cc1ccc(NC(C)=O)cc1)C(=O)NC(C(=O)O)C(=O)O. The van der Waals surface area contributed by atoms with E-state index < -0.39 is 29.3 Å². The summed E-state index contributed by atoms with van der Waals surface area (Å²) in [5.74, 6) is -4.04. The van der Waals surface area contributed by atoms with Crippen LogP contribution >= 0.6 is 0 Å². The monoisotopic (exact) mass is 364 g/mol. The molecule has 2 amide bonds. The third-order valence-electron chi connectivity index (χ3n) is 4.42. The normalized spacial score (nSPS) is 11.1. The summed E-state index contributed by atoms with van der Waals surface area (Å²) in [4.78, 5) is 45.8. The average Bonchev–Trinajstić information content (AvgIpc) is 2.57. The standard InChI is InChI=1S/C18H24N2O6/c1-4-18(5-2,17(26)20-14(15(22)23)16(24)25)10-12-6-8-13(9-7-12)19-11(3)21/h6-9,14H,4-5,10H2,1-3H3,(H,19,21)(H,20,26)(H,22,23)(H,24,25). The molecule has 142 valence electrons. The molecule has 0 fully saturated rings. The molecule has 0 bridgehead atoms. The first-order valence-electron chi connectivity index (χ1n) is 8.28. The Bertz CT molecular complexity index is 665. The van der Waals surface area contributed by atoms with Gasteiger partial charge in [0.05, 0.1) is 5.41 Å². The summed E-state index contributed by atoms with van der Waals surface area (Å²) in [6, 6.07) is 4.97. The van der Waals surface area contributed by atoms with Crippen LogP contribution in [0.3, 0.4) is 0 Å². The molecule has 0 atom stereocenters. The lowest BCUT2D eigenvalue weighted by atomic mass is 9.76. The third-order valence-corrected chi connectivity index (χ3v) is 4.42. The van der Waals surface area contributed by atoms with Crippen LogP contribution in [0.1, 0.15) is 39.2 Å². The zero-order chi connectivity index (χ0) is 19.9. The number of nitrogens with one attached hydrogen (secondary N) is 2. The molecule has 0 saturated heterocycles. The minimum atomic E-state index is -1.98. The summed E-state index contributed by atoms with van der Waals surface area (Å²) in [5, 5.41) is 22.7. The molecular formula is C18H24N2O6. The lowest BCUT2D eigenvalue weighted by Gasteiger charge is -2.31. The quantitative estimate of drug-likeness (QED) is 0.493. The van der Waals surface area contributed by atoms with Crippen molar-refractivity contribution in [2.24, 2.45) is 5.41 Å². The largest absolute Gasteiger partial charge is 0.479 e. The van der Waals surface area contributed by atoms with Crippen molar-refractivity contribution in [2.75, 3.05) is 5.32 Å². The van der Waals surface area contributed by atoms with Gasteiger partial charge in [0.2, 0.25) is 17.9 Å². The van der Waals surface area contributed by atoms with Crippen molar-refractivity contribution in [1.82, 2.24) is 5.32 Å². The highest BCUT2D eigenvalue weighted by molar-refractivity contribution is 6.01. The Morgan fingerprint density at radius 3 is 1.88 bits per heavy atom. The van der Waals surface area contributed by atoms with Crippen LogP contribution in [-0.2, 0) is 25.6 Å². The van der Waals surface area contributed by atoms with Gasteiger partial charge in [-0.15, -0.1) is 0 Å². The lowest BCUT2D eigenvalue weighted by molar-refractivity contribution is -0.154. The molecule has 1 aromatic carbocycles. The van der Waals surface area contributed by atoms with E-state index in [1.807, 2.05) is 0 Å². The predicted molar refractivity (Wildman–Crippen MR) is 94.7 cm³/mol. The molecule has 0 heterocycles. The van der Waals surface area contributed by atoms with Crippen LogP contribution in [0, 0.1) is 5.41 Å². The second-order valence-corrected chi connectivity index (χ2v) is 6.13. The second kappa shape index (κ2) is 8.98. The summed E-state index contributed by atoms with van der Waals surface area (Å²) in [6.45, 7) is 5.00. The number of carboxylic acid groups (broad SMARTS) is 2. The highest BCUT2D eigenvalue weighted by Crippen LogP contribution is 2.32. The zero-order valence-corrected chi connectivity index (χ0v) is 15.0. The minimum Gasteiger partial charge on any atom is -0.479 e. The van der Waals surface area contributed by atoms with Gasteiger partial charge in [-0.1, -0.05) is 26.0 Å². The summed E-state index contributed by atoms with van der Waals surface area (Å²) < 4.78 is 0. The van der Waals surface area contributed by atoms with Crippen molar-refractivity contribution in [3.63, 3.8) is 0 Å². The van der Waals surface area contributed by atoms with Crippen LogP contribution in [0.25, 0.3) is 0 Å². The fourth-order valence-corrected chi connectivity index (χ4v) is 2.71. The van der Waals surface area contributed by atoms with E-state index in [9.17, 15) is 19.2 Å². The Morgan fingerprint density at radius 1 is 1.00 bits per heavy atom. The van der Waals surface area contributed by atoms with Gasteiger partial charge in [-0.05, 0) is 37.0 Å². The van der Waals surface area contributed by atoms with E-state index in [4.69, 9.17) is 10.2 Å². The molecule has 0 aliphatic heterocycles. The molecule has 26 heavy (non-hydrogen) atoms. The van der Waals surface area contributed by atoms with E-state index in [0.717, 1.165) is 5.56 Å². The van der Waals surface area contributed by atoms with Crippen molar-refractivity contribution in [2.45, 2.75) is 46.1 Å². The molecule has 0 unspecified atom stereocenters. The van der Waals surface area contributed by atoms with Gasteiger partial charge in [0, 0.05) is 12.6 Å². The van der Waals surface area contributed by atoms with Gasteiger partial charge < -0.3 is 20.8 Å². The lowest BCUT2D eigenvalue weighted by Crippen LogP contribution is -2.52. The van der Waals surface area contributed by atoms with Crippen molar-refractivity contribution in [1.29, 1.82) is 0 Å². The zero-order valence-electron chi connectivity index (χ0n) is 15.0. The summed E-state index contributed by atoms with van der Waals surface area (Å²) in [7, 11) is 0. The summed E-state index contributed by atoms with van der Waals surface area (Å²) >= 11 is 0. The maximum atomic E-state index is 12.7. The summed E-state index contributed by atoms with van der Waals surface area (Å²) in [5.41, 5.74) is 0.514. The molecule has 8 nitrogen and oxygen atoms in total. The highest BCUT2D eigenvalue weighted by Gasteiger charge is 2.39. The van der Waals surface area contributed by atoms with Gasteiger partial charge in [0.15, 0.2) is 0 Å². The number of anilines is 1. The van der Waals surface area contributed by atoms with Gasteiger partial charge in [-0.2, -0.15) is 0 Å². The minimum absolute atomic E-state index is 0.193. The fraction of sp³-hybridized carbons (Fsp3) is 0.444. The third kappa shape index (κ3) is 5.30. The number of hydrogen-bond donors (Lipinski definition) is 4. The van der Waals surface area contributed by atoms with Crippen LogP contribution in [-0.4, -0.2) is 40.0 Å². The van der Waals surface area contributed by atoms with E-state index in [-0.39, 0.29) is 5.91 Å². The molecule has 1 rings (SSSR count). The van der Waals surface area contributed by atoms with Gasteiger partial charge >= 0.3 is 11.9 Å². The molecule has 0 aliphatic rings. The average molecular weight is 364 g/mol. The number of hydrogen-bond acceptors (Lipinski definition) is 4. The predicted octanol–water partition coefficient (Wildman–Crippen LogP) is 1.65. The molecule has 1 aromatic rings. The van der Waals surface area contributed by atoms with E-state index in [1.165, 1.54) is 6.92 Å². The van der Waals surface area contributed by atoms with E-state index >= 15 is 0 Å². The van der Waals surface area contributed by atoms with Crippen molar-refractivity contribution in [3.05, 3.63) is 29.8 Å². The molecule has 4 N–H and O–H groups in total. The molecule has 0 radical (unpaired) electrons. The fourth-order valence-electron chi connectivity index (χ4n) is 2.71. The van der Waals surface area contributed by atoms with Gasteiger partial charge in [-0.25, -0.2) is 9.59 Å². The van der Waals surface area contributed by atoms with Crippen LogP contribution in [0.5, 0.6) is 0 Å². The van der Waals surface area contributed by atoms with Gasteiger partial charge in [0.1, 0.15) is 0 Å². The molecule has 0 aromatic heterocycles. The van der Waals surface area contributed by atoms with Crippen LogP contribution in [0.4, 0.5) is 5.69 Å². The Hall–Kier alpha value is -2.90. The number of amides is 2. The van der Waals surface area contributed by atoms with Gasteiger partial charge in [0.25, 0.3) is 0 Å². The van der Waals surface area contributed by atoms with Crippen LogP contribution in [0.2, 0.25) is 0 Å². The topological polar surface area (TPSA) is 133 Å². The number of carbonyl (C=O) groups is 4. The first kappa shape index (κ1) is 21.1. The number of benzene rings is 1. The Labute approximate surface area is 151 Å². The highest BCUT2D eigenvalue weighted by atomic mass is 16.4. The molecular weight excluding hydrogens is 340 g/mol. The Morgan fingerprint density at radius 2 is 1.50 bits per heavy atom. The van der Waals surface area contributed by atoms with E-state index in [1.54, 1.807) is 38.1 Å². The Balaban J connectivity index is 3.01. The molecule has 0 spiro atoms. The smallest absolute Gasteiger partial charge is 0.338 e. The second-order valence-electron chi connectivity index (χ2n) is 6.13. The maximum Gasteiger partial charge on any atom is 0.338 e. The van der Waals surface area contributed by atoms with Gasteiger partial charge in [-0.3, -0.25) is 9.59 Å². The van der Waals surface area contributed by atoms with Crippen molar-refractivity contribution in [3.8, 4) is 0 Å². The number of rotatable bonds is 9. The van der Waals surface area contributed by atoms with E-state index in [2.05, 4.69) is 10.6 Å². The van der Waals surface area contributed by atoms with E-state index in [0.29, 0.717) is 24.9 Å². The summed E-state index contributed by atoms with van der Waals surface area (Å²) in [6.07, 6.45) is 1.14. The number of carboxylic acids is 2. The number of aliphatic carboxylic acids is 2. The van der Waals surface area contributed by atoms with Crippen LogP contribution in [0.15, 0.2) is 24.3 Å². The molecule has 8 heteroatoms.